The maximum absolute atomic E-state index is 12.7. The fraction of sp³-hybridized carbons (Fsp3) is 0.280. The van der Waals surface area contributed by atoms with Crippen molar-refractivity contribution in [2.24, 2.45) is 0 Å². The van der Waals surface area contributed by atoms with Gasteiger partial charge < -0.3 is 14.4 Å². The van der Waals surface area contributed by atoms with Crippen molar-refractivity contribution in [1.82, 2.24) is 9.88 Å². The van der Waals surface area contributed by atoms with Crippen LogP contribution >= 0.6 is 0 Å². The molecule has 2 aromatic carbocycles. The van der Waals surface area contributed by atoms with Crippen molar-refractivity contribution in [2.45, 2.75) is 38.5 Å². The SMILES string of the molecule is O=C(OCc1ccccc1)N1CCCC[C@@H]1c1ccc(OCc2ccccc2)nc1. The quantitative estimate of drug-likeness (QED) is 0.544. The number of amides is 1. The maximum Gasteiger partial charge on any atom is 0.410 e. The summed E-state index contributed by atoms with van der Waals surface area (Å²) in [5.41, 5.74) is 3.10. The lowest BCUT2D eigenvalue weighted by Crippen LogP contribution is -2.38. The number of nitrogens with zero attached hydrogens (tertiary/aromatic N) is 2. The first kappa shape index (κ1) is 20.0. The molecule has 1 amide bonds. The summed E-state index contributed by atoms with van der Waals surface area (Å²) in [6, 6.07) is 23.6. The number of carbonyl (C=O) groups excluding carboxylic acids is 1. The normalized spacial score (nSPS) is 16.1. The highest BCUT2D eigenvalue weighted by Crippen LogP contribution is 2.31. The third-order valence-electron chi connectivity index (χ3n) is 5.32. The summed E-state index contributed by atoms with van der Waals surface area (Å²) >= 11 is 0. The number of hydrogen-bond acceptors (Lipinski definition) is 4. The van der Waals surface area contributed by atoms with E-state index in [1.807, 2.05) is 83.9 Å². The van der Waals surface area contributed by atoms with Crippen LogP contribution in [0.4, 0.5) is 4.79 Å². The zero-order valence-corrected chi connectivity index (χ0v) is 16.9. The molecular formula is C25H26N2O3. The zero-order chi connectivity index (χ0) is 20.6. The predicted octanol–water partition coefficient (Wildman–Crippen LogP) is 5.52. The Bertz CT molecular complexity index is 930. The molecule has 1 aliphatic heterocycles. The number of likely N-dealkylation sites (tertiary alicyclic amines) is 1. The summed E-state index contributed by atoms with van der Waals surface area (Å²) in [6.45, 7) is 1.46. The number of piperidine rings is 1. The van der Waals surface area contributed by atoms with Gasteiger partial charge in [0.15, 0.2) is 0 Å². The molecule has 0 bridgehead atoms. The van der Waals surface area contributed by atoms with Crippen LogP contribution in [0.25, 0.3) is 0 Å². The van der Waals surface area contributed by atoms with Gasteiger partial charge in [-0.1, -0.05) is 66.7 Å². The first-order chi connectivity index (χ1) is 14.8. The Hall–Kier alpha value is -3.34. The predicted molar refractivity (Wildman–Crippen MR) is 115 cm³/mol. The molecule has 0 aliphatic carbocycles. The maximum atomic E-state index is 12.7. The van der Waals surface area contributed by atoms with Crippen LogP contribution in [-0.2, 0) is 18.0 Å². The fourth-order valence-corrected chi connectivity index (χ4v) is 3.70. The second-order valence-corrected chi connectivity index (χ2v) is 7.45. The third-order valence-corrected chi connectivity index (χ3v) is 5.32. The van der Waals surface area contributed by atoms with Gasteiger partial charge in [0.2, 0.25) is 5.88 Å². The molecule has 3 aromatic rings. The molecule has 1 aromatic heterocycles. The second-order valence-electron chi connectivity index (χ2n) is 7.45. The monoisotopic (exact) mass is 402 g/mol. The van der Waals surface area contributed by atoms with Crippen molar-refractivity contribution < 1.29 is 14.3 Å². The Kier molecular flexibility index (Phi) is 6.60. The minimum absolute atomic E-state index is 0.0160. The molecule has 2 heterocycles. The molecule has 4 rings (SSSR count). The molecule has 0 unspecified atom stereocenters. The first-order valence-electron chi connectivity index (χ1n) is 10.4. The van der Waals surface area contributed by atoms with Gasteiger partial charge in [-0.25, -0.2) is 9.78 Å². The van der Waals surface area contributed by atoms with Gasteiger partial charge in [-0.15, -0.1) is 0 Å². The van der Waals surface area contributed by atoms with E-state index < -0.39 is 0 Å². The van der Waals surface area contributed by atoms with E-state index in [9.17, 15) is 4.79 Å². The van der Waals surface area contributed by atoms with Crippen LogP contribution in [0.5, 0.6) is 5.88 Å². The molecule has 1 atom stereocenters. The van der Waals surface area contributed by atoms with Crippen LogP contribution < -0.4 is 4.74 Å². The van der Waals surface area contributed by atoms with Gasteiger partial charge >= 0.3 is 6.09 Å². The average molecular weight is 402 g/mol. The summed E-state index contributed by atoms with van der Waals surface area (Å²) < 4.78 is 11.4. The van der Waals surface area contributed by atoms with Crippen LogP contribution in [0.2, 0.25) is 0 Å². The standard InChI is InChI=1S/C25H26N2O3/c28-25(30-19-21-11-5-2-6-12-21)27-16-8-7-13-23(27)22-14-15-24(26-17-22)29-18-20-9-3-1-4-10-20/h1-6,9-12,14-15,17,23H,7-8,13,16,18-19H2/t23-/m1/s1. The topological polar surface area (TPSA) is 51.7 Å². The van der Waals surface area contributed by atoms with Crippen LogP contribution in [0.15, 0.2) is 79.0 Å². The second kappa shape index (κ2) is 9.92. The van der Waals surface area contributed by atoms with E-state index in [1.54, 1.807) is 0 Å². The largest absolute Gasteiger partial charge is 0.473 e. The highest BCUT2D eigenvalue weighted by molar-refractivity contribution is 5.68. The van der Waals surface area contributed by atoms with Crippen molar-refractivity contribution in [3.05, 3.63) is 95.7 Å². The van der Waals surface area contributed by atoms with E-state index in [0.717, 1.165) is 36.0 Å². The Balaban J connectivity index is 1.37. The summed E-state index contributed by atoms with van der Waals surface area (Å²) in [5.74, 6) is 0.580. The van der Waals surface area contributed by atoms with E-state index in [4.69, 9.17) is 9.47 Å². The molecular weight excluding hydrogens is 376 g/mol. The Morgan fingerprint density at radius 1 is 0.900 bits per heavy atom. The minimum Gasteiger partial charge on any atom is -0.473 e. The molecule has 1 saturated heterocycles. The smallest absolute Gasteiger partial charge is 0.410 e. The number of carbonyl (C=O) groups is 1. The van der Waals surface area contributed by atoms with Gasteiger partial charge in [0, 0.05) is 18.8 Å². The minimum atomic E-state index is -0.270. The molecule has 1 aliphatic rings. The van der Waals surface area contributed by atoms with E-state index in [0.29, 0.717) is 19.0 Å². The zero-order valence-electron chi connectivity index (χ0n) is 16.9. The molecule has 154 valence electrons. The summed E-state index contributed by atoms with van der Waals surface area (Å²) in [5, 5.41) is 0. The number of rotatable bonds is 6. The third kappa shape index (κ3) is 5.17. The van der Waals surface area contributed by atoms with E-state index in [-0.39, 0.29) is 18.7 Å². The number of ether oxygens (including phenoxy) is 2. The Morgan fingerprint density at radius 2 is 1.60 bits per heavy atom. The van der Waals surface area contributed by atoms with Gasteiger partial charge in [0.05, 0.1) is 6.04 Å². The van der Waals surface area contributed by atoms with Gasteiger partial charge in [-0.05, 0) is 36.0 Å². The lowest BCUT2D eigenvalue weighted by atomic mass is 9.97. The molecule has 5 heteroatoms. The van der Waals surface area contributed by atoms with Crippen LogP contribution in [0.3, 0.4) is 0 Å². The van der Waals surface area contributed by atoms with Crippen LogP contribution in [-0.4, -0.2) is 22.5 Å². The van der Waals surface area contributed by atoms with Gasteiger partial charge in [-0.3, -0.25) is 0 Å². The van der Waals surface area contributed by atoms with Gasteiger partial charge in [0.25, 0.3) is 0 Å². The fourth-order valence-electron chi connectivity index (χ4n) is 3.70. The average Bonchev–Trinajstić information content (AvgIpc) is 2.83. The molecule has 0 N–H and O–H groups in total. The van der Waals surface area contributed by atoms with E-state index in [1.165, 1.54) is 0 Å². The summed E-state index contributed by atoms with van der Waals surface area (Å²) in [6.07, 6.45) is 4.52. The van der Waals surface area contributed by atoms with Crippen LogP contribution in [0, 0.1) is 0 Å². The van der Waals surface area contributed by atoms with E-state index in [2.05, 4.69) is 4.98 Å². The number of benzene rings is 2. The van der Waals surface area contributed by atoms with Crippen LogP contribution in [0.1, 0.15) is 42.0 Å². The van der Waals surface area contributed by atoms with Gasteiger partial charge in [0.1, 0.15) is 13.2 Å². The molecule has 5 nitrogen and oxygen atoms in total. The van der Waals surface area contributed by atoms with E-state index >= 15 is 0 Å². The number of pyridine rings is 1. The van der Waals surface area contributed by atoms with Crippen molar-refractivity contribution in [1.29, 1.82) is 0 Å². The number of aromatic nitrogens is 1. The molecule has 30 heavy (non-hydrogen) atoms. The number of hydrogen-bond donors (Lipinski definition) is 0. The first-order valence-corrected chi connectivity index (χ1v) is 10.4. The van der Waals surface area contributed by atoms with Crippen molar-refractivity contribution in [3.8, 4) is 5.88 Å². The molecule has 0 spiro atoms. The lowest BCUT2D eigenvalue weighted by Gasteiger charge is -2.35. The Morgan fingerprint density at radius 3 is 2.27 bits per heavy atom. The molecule has 0 saturated carbocycles. The van der Waals surface area contributed by atoms with Crippen molar-refractivity contribution in [2.75, 3.05) is 6.54 Å². The molecule has 0 radical (unpaired) electrons. The molecule has 1 fully saturated rings. The van der Waals surface area contributed by atoms with Gasteiger partial charge in [-0.2, -0.15) is 0 Å². The summed E-state index contributed by atoms with van der Waals surface area (Å²) in [4.78, 5) is 19.0. The van der Waals surface area contributed by atoms with Crippen molar-refractivity contribution >= 4 is 6.09 Å². The van der Waals surface area contributed by atoms with Crippen molar-refractivity contribution in [3.63, 3.8) is 0 Å². The highest BCUT2D eigenvalue weighted by Gasteiger charge is 2.29. The highest BCUT2D eigenvalue weighted by atomic mass is 16.6. The Labute approximate surface area is 177 Å². The lowest BCUT2D eigenvalue weighted by molar-refractivity contribution is 0.0678. The summed E-state index contributed by atoms with van der Waals surface area (Å²) in [7, 11) is 0.